The summed E-state index contributed by atoms with van der Waals surface area (Å²) in [5.41, 5.74) is 2.97. The molecular weight excluding hydrogens is 532 g/mol. The van der Waals surface area contributed by atoms with Crippen molar-refractivity contribution in [3.8, 4) is 33.6 Å². The third-order valence-corrected chi connectivity index (χ3v) is 7.89. The van der Waals surface area contributed by atoms with E-state index in [2.05, 4.69) is 0 Å². The average molecular weight is 573 g/mol. The second kappa shape index (κ2) is 9.86. The highest BCUT2D eigenvalue weighted by Gasteiger charge is 2.16. The Morgan fingerprint density at radius 2 is 0.909 bits per heavy atom. The minimum absolute atomic E-state index is 0.00159. The predicted molar refractivity (Wildman–Crippen MR) is 186 cm³/mol. The summed E-state index contributed by atoms with van der Waals surface area (Å²) in [6.45, 7) is 0. The molecule has 2 heteroatoms. The van der Waals surface area contributed by atoms with Crippen molar-refractivity contribution >= 4 is 43.6 Å². The Balaban J connectivity index is 1.38. The number of fused-ring (bicyclic) bond motifs is 6. The number of benzene rings is 7. The van der Waals surface area contributed by atoms with Crippen LogP contribution in [0, 0.1) is 0 Å². The Kier molecular flexibility index (Phi) is 3.49. The van der Waals surface area contributed by atoms with Gasteiger partial charge in [-0.1, -0.05) is 109 Å². The van der Waals surface area contributed by atoms with Crippen molar-refractivity contribution < 1.29 is 16.4 Å². The Morgan fingerprint density at radius 1 is 0.341 bits per heavy atom. The van der Waals surface area contributed by atoms with Gasteiger partial charge in [-0.2, -0.15) is 0 Å². The van der Waals surface area contributed by atoms with Crippen LogP contribution in [0.4, 0.5) is 0 Å². The molecule has 0 amide bonds. The van der Waals surface area contributed by atoms with Gasteiger partial charge in [0.05, 0.1) is 38.5 Å². The summed E-state index contributed by atoms with van der Waals surface area (Å²) in [5.74, 6) is 0. The third kappa shape index (κ3) is 3.82. The zero-order chi connectivity index (χ0) is 39.5. The fourth-order valence-electron chi connectivity index (χ4n) is 5.89. The monoisotopic (exact) mass is 572 g/mol. The van der Waals surface area contributed by atoms with Gasteiger partial charge >= 0.3 is 0 Å². The van der Waals surface area contributed by atoms with Gasteiger partial charge in [0, 0.05) is 32.9 Å². The number of nitrogens with zero attached hydrogens (tertiary/aromatic N) is 2. The van der Waals surface area contributed by atoms with Crippen LogP contribution in [0.15, 0.2) is 170 Å². The molecule has 9 rings (SSSR count). The molecule has 0 radical (unpaired) electrons. The molecule has 0 aliphatic heterocycles. The summed E-state index contributed by atoms with van der Waals surface area (Å²) in [4.78, 5) is 0. The summed E-state index contributed by atoms with van der Waals surface area (Å²) in [7, 11) is 0. The topological polar surface area (TPSA) is 9.86 Å². The standard InChI is InChI=1S/C42H28N2/c1-3-11-29(12-4-1)30-19-23-34(24-20-30)44-40-18-10-8-16-36(40)38-28-32(22-26-42(38)44)31-21-25-41-37(27-31)35-15-7-9-17-39(35)43(41)33-13-5-2-6-14-33/h1-28H/i7D,8D,11D,15D,16D,17D,18D,23D,25D,26D,27D,28D. The molecule has 0 N–H and O–H groups in total. The molecule has 0 bridgehead atoms. The quantitative estimate of drug-likeness (QED) is 0.198. The Bertz CT molecular complexity index is 3170. The Hall–Kier alpha value is -5.86. The first-order chi connectivity index (χ1) is 26.8. The lowest BCUT2D eigenvalue weighted by molar-refractivity contribution is 1.18. The molecule has 0 aliphatic carbocycles. The van der Waals surface area contributed by atoms with Crippen LogP contribution in [0.5, 0.6) is 0 Å². The summed E-state index contributed by atoms with van der Waals surface area (Å²) in [6, 6.07) is 24.6. The van der Waals surface area contributed by atoms with Gasteiger partial charge in [-0.15, -0.1) is 0 Å². The molecule has 0 fully saturated rings. The number of rotatable bonds is 4. The Labute approximate surface area is 272 Å². The first-order valence-electron chi connectivity index (χ1n) is 20.1. The van der Waals surface area contributed by atoms with Crippen molar-refractivity contribution in [1.29, 1.82) is 0 Å². The molecule has 0 atom stereocenters. The highest BCUT2D eigenvalue weighted by atomic mass is 15.0. The number of para-hydroxylation sites is 3. The third-order valence-electron chi connectivity index (χ3n) is 7.89. The molecule has 9 aromatic rings. The minimum atomic E-state index is -0.283. The lowest BCUT2D eigenvalue weighted by atomic mass is 10.0. The molecule has 0 spiro atoms. The lowest BCUT2D eigenvalue weighted by Crippen LogP contribution is -1.93. The van der Waals surface area contributed by atoms with Crippen molar-refractivity contribution in [2.24, 2.45) is 0 Å². The maximum absolute atomic E-state index is 9.66. The fraction of sp³-hybridized carbons (Fsp3) is 0. The van der Waals surface area contributed by atoms with Crippen LogP contribution < -0.4 is 0 Å². The van der Waals surface area contributed by atoms with Crippen LogP contribution in [0.1, 0.15) is 16.4 Å². The van der Waals surface area contributed by atoms with E-state index in [0.29, 0.717) is 16.8 Å². The van der Waals surface area contributed by atoms with E-state index in [1.807, 2.05) is 6.07 Å². The van der Waals surface area contributed by atoms with Crippen molar-refractivity contribution in [2.45, 2.75) is 0 Å². The van der Waals surface area contributed by atoms with E-state index in [-0.39, 0.29) is 133 Å². The lowest BCUT2D eigenvalue weighted by Gasteiger charge is -2.10. The number of hydrogen-bond donors (Lipinski definition) is 0. The molecule has 44 heavy (non-hydrogen) atoms. The molecule has 206 valence electrons. The molecule has 2 heterocycles. The van der Waals surface area contributed by atoms with Crippen LogP contribution >= 0.6 is 0 Å². The van der Waals surface area contributed by atoms with Crippen molar-refractivity contribution in [3.05, 3.63) is 170 Å². The molecule has 0 saturated carbocycles. The van der Waals surface area contributed by atoms with E-state index < -0.39 is 0 Å². The van der Waals surface area contributed by atoms with Gasteiger partial charge in [-0.25, -0.2) is 0 Å². The summed E-state index contributed by atoms with van der Waals surface area (Å²) in [6.07, 6.45) is 0. The zero-order valence-corrected chi connectivity index (χ0v) is 23.1. The minimum Gasteiger partial charge on any atom is -0.309 e. The molecule has 2 nitrogen and oxygen atoms in total. The zero-order valence-electron chi connectivity index (χ0n) is 35.1. The van der Waals surface area contributed by atoms with E-state index in [1.54, 1.807) is 71.3 Å². The Morgan fingerprint density at radius 3 is 1.55 bits per heavy atom. The maximum Gasteiger partial charge on any atom is 0.0645 e. The van der Waals surface area contributed by atoms with E-state index in [1.165, 1.54) is 28.8 Å². The van der Waals surface area contributed by atoms with E-state index in [0.717, 1.165) is 0 Å². The molecule has 7 aromatic carbocycles. The van der Waals surface area contributed by atoms with Gasteiger partial charge < -0.3 is 9.13 Å². The van der Waals surface area contributed by atoms with Crippen LogP contribution in [0.3, 0.4) is 0 Å². The average Bonchev–Trinajstić information content (AvgIpc) is 3.74. The van der Waals surface area contributed by atoms with E-state index in [4.69, 9.17) is 11.0 Å². The van der Waals surface area contributed by atoms with Crippen molar-refractivity contribution in [2.75, 3.05) is 0 Å². The van der Waals surface area contributed by atoms with Gasteiger partial charge in [0.2, 0.25) is 0 Å². The molecular formula is C42H28N2. The van der Waals surface area contributed by atoms with Gasteiger partial charge in [0.1, 0.15) is 0 Å². The first kappa shape index (κ1) is 15.6. The highest BCUT2D eigenvalue weighted by Crippen LogP contribution is 2.38. The first-order valence-corrected chi connectivity index (χ1v) is 14.1. The molecule has 0 aliphatic rings. The maximum atomic E-state index is 9.66. The second-order valence-corrected chi connectivity index (χ2v) is 10.4. The smallest absolute Gasteiger partial charge is 0.0645 e. The molecule has 0 unspecified atom stereocenters. The van der Waals surface area contributed by atoms with Crippen LogP contribution in [-0.2, 0) is 0 Å². The van der Waals surface area contributed by atoms with Gasteiger partial charge in [-0.05, 0) is 82.7 Å². The fourth-order valence-corrected chi connectivity index (χ4v) is 5.89. The molecule has 0 saturated heterocycles. The van der Waals surface area contributed by atoms with E-state index in [9.17, 15) is 5.48 Å². The van der Waals surface area contributed by atoms with E-state index >= 15 is 0 Å². The summed E-state index contributed by atoms with van der Waals surface area (Å²) in [5, 5.41) is 0.408. The van der Waals surface area contributed by atoms with Crippen molar-refractivity contribution in [3.63, 3.8) is 0 Å². The normalized spacial score (nSPS) is 15.5. The largest absolute Gasteiger partial charge is 0.309 e. The number of hydrogen-bond acceptors (Lipinski definition) is 0. The highest BCUT2D eigenvalue weighted by molar-refractivity contribution is 6.12. The predicted octanol–water partition coefficient (Wildman–Crippen LogP) is 11.2. The van der Waals surface area contributed by atoms with Crippen LogP contribution in [-0.4, -0.2) is 9.13 Å². The molecule has 2 aromatic heterocycles. The van der Waals surface area contributed by atoms with Crippen LogP contribution in [0.25, 0.3) is 77.2 Å². The van der Waals surface area contributed by atoms with Crippen LogP contribution in [0.2, 0.25) is 0 Å². The SMILES string of the molecule is [2H]c1ccccc1-c1ccc(-n2c3c([2H])cc([2H])c([2H])c3c3c([2H])c(-c4cc([2H])c5c(c4[2H])c4c([2H])c([2H])cc([2H])c4n5-c4ccccc4)cc([2H])c32)c([2H])c1. The van der Waals surface area contributed by atoms with Gasteiger partial charge in [-0.3, -0.25) is 0 Å². The van der Waals surface area contributed by atoms with Gasteiger partial charge in [0.15, 0.2) is 0 Å². The summed E-state index contributed by atoms with van der Waals surface area (Å²) >= 11 is 0. The van der Waals surface area contributed by atoms with Gasteiger partial charge in [0.25, 0.3) is 0 Å². The summed E-state index contributed by atoms with van der Waals surface area (Å²) < 4.78 is 111. The number of aromatic nitrogens is 2. The van der Waals surface area contributed by atoms with Crippen molar-refractivity contribution in [1.82, 2.24) is 9.13 Å². The second-order valence-electron chi connectivity index (χ2n) is 10.4.